The van der Waals surface area contributed by atoms with Gasteiger partial charge in [0.1, 0.15) is 5.82 Å². The fourth-order valence-electron chi connectivity index (χ4n) is 3.10. The lowest BCUT2D eigenvalue weighted by Crippen LogP contribution is -2.31. The molecule has 0 aliphatic heterocycles. The second-order valence-electron chi connectivity index (χ2n) is 8.52. The van der Waals surface area contributed by atoms with Crippen molar-refractivity contribution >= 4 is 17.7 Å². The van der Waals surface area contributed by atoms with Crippen molar-refractivity contribution in [3.05, 3.63) is 65.5 Å². The smallest absolute Gasteiger partial charge is 0.233 e. The van der Waals surface area contributed by atoms with Gasteiger partial charge < -0.3 is 10.7 Å². The summed E-state index contributed by atoms with van der Waals surface area (Å²) in [6.07, 6.45) is 0. The molecule has 0 radical (unpaired) electrons. The number of nitrogen functional groups attached to an aromatic ring is 1. The molecule has 1 atom stereocenters. The highest BCUT2D eigenvalue weighted by Crippen LogP contribution is 2.27. The molecule has 0 spiro atoms. The van der Waals surface area contributed by atoms with Crippen LogP contribution in [0.2, 0.25) is 0 Å². The van der Waals surface area contributed by atoms with E-state index in [9.17, 15) is 9.18 Å². The summed E-state index contributed by atoms with van der Waals surface area (Å²) in [5.41, 5.74) is 3.01. The highest BCUT2D eigenvalue weighted by atomic mass is 32.2. The van der Waals surface area contributed by atoms with E-state index in [1.165, 1.54) is 34.1 Å². The Morgan fingerprint density at radius 2 is 1.74 bits per heavy atom. The van der Waals surface area contributed by atoms with Gasteiger partial charge in [0.15, 0.2) is 5.82 Å². The molecule has 0 aliphatic carbocycles. The van der Waals surface area contributed by atoms with Gasteiger partial charge in [0.05, 0.1) is 11.8 Å². The van der Waals surface area contributed by atoms with Crippen LogP contribution < -0.4 is 5.84 Å². The highest BCUT2D eigenvalue weighted by Gasteiger charge is 2.20. The second kappa shape index (κ2) is 9.09. The van der Waals surface area contributed by atoms with Crippen LogP contribution >= 0.6 is 11.8 Å². The Morgan fingerprint density at radius 3 is 2.32 bits per heavy atom. The van der Waals surface area contributed by atoms with E-state index in [0.29, 0.717) is 11.0 Å². The van der Waals surface area contributed by atoms with Crippen LogP contribution in [-0.2, 0) is 10.2 Å². The van der Waals surface area contributed by atoms with E-state index in [0.717, 1.165) is 11.1 Å². The molecule has 6 nitrogen and oxygen atoms in total. The number of carbonyl (C=O) groups excluding carboxylic acids is 1. The van der Waals surface area contributed by atoms with Crippen LogP contribution in [0.15, 0.2) is 53.7 Å². The van der Waals surface area contributed by atoms with Crippen molar-refractivity contribution in [3.63, 3.8) is 0 Å². The van der Waals surface area contributed by atoms with Gasteiger partial charge in [0, 0.05) is 12.6 Å². The van der Waals surface area contributed by atoms with Gasteiger partial charge in [0.25, 0.3) is 0 Å². The minimum atomic E-state index is -0.299. The first-order chi connectivity index (χ1) is 14.6. The van der Waals surface area contributed by atoms with Gasteiger partial charge >= 0.3 is 0 Å². The summed E-state index contributed by atoms with van der Waals surface area (Å²) in [5.74, 6) is 6.53. The number of carbonyl (C=O) groups is 1. The number of nitrogens with two attached hydrogens (primary N) is 1. The normalized spacial score (nSPS) is 12.6. The summed E-state index contributed by atoms with van der Waals surface area (Å²) in [5, 5.41) is 8.81. The Kier molecular flexibility index (Phi) is 6.69. The maximum atomic E-state index is 13.1. The first kappa shape index (κ1) is 22.8. The number of hydrogen-bond acceptors (Lipinski definition) is 5. The van der Waals surface area contributed by atoms with Gasteiger partial charge in [-0.2, -0.15) is 0 Å². The van der Waals surface area contributed by atoms with E-state index in [4.69, 9.17) is 5.84 Å². The molecule has 31 heavy (non-hydrogen) atoms. The van der Waals surface area contributed by atoms with E-state index in [-0.39, 0.29) is 28.9 Å². The lowest BCUT2D eigenvalue weighted by Gasteiger charge is -2.25. The zero-order valence-electron chi connectivity index (χ0n) is 18.5. The van der Waals surface area contributed by atoms with E-state index in [1.807, 2.05) is 19.1 Å². The maximum Gasteiger partial charge on any atom is 0.233 e. The summed E-state index contributed by atoms with van der Waals surface area (Å²) >= 11 is 1.23. The predicted octanol–water partition coefficient (Wildman–Crippen LogP) is 4.41. The lowest BCUT2D eigenvalue weighted by atomic mass is 9.87. The Balaban J connectivity index is 1.65. The van der Waals surface area contributed by atoms with Crippen LogP contribution in [0, 0.1) is 5.82 Å². The van der Waals surface area contributed by atoms with Crippen molar-refractivity contribution in [2.24, 2.45) is 0 Å². The SMILES string of the molecule is CC(c1ccc(F)cc1)N(C)C(=O)CSc1nnc(-c2ccc(C(C)(C)C)cc2)n1N. The lowest BCUT2D eigenvalue weighted by molar-refractivity contribution is -0.128. The Labute approximate surface area is 186 Å². The molecule has 164 valence electrons. The average molecular weight is 442 g/mol. The number of thioether (sulfide) groups is 1. The standard InChI is InChI=1S/C23H28FN5OS/c1-15(16-8-12-19(24)13-9-16)28(5)20(30)14-31-22-27-26-21(29(22)25)17-6-10-18(11-7-17)23(2,3)4/h6-13,15H,14,25H2,1-5H3. The first-order valence-electron chi connectivity index (χ1n) is 10.0. The molecule has 2 N–H and O–H groups in total. The zero-order valence-corrected chi connectivity index (χ0v) is 19.3. The molecule has 1 amide bonds. The summed E-state index contributed by atoms with van der Waals surface area (Å²) < 4.78 is 14.6. The molecule has 1 heterocycles. The van der Waals surface area contributed by atoms with Gasteiger partial charge in [-0.05, 0) is 35.6 Å². The van der Waals surface area contributed by atoms with E-state index >= 15 is 0 Å². The van der Waals surface area contributed by atoms with E-state index in [2.05, 4.69) is 43.1 Å². The zero-order chi connectivity index (χ0) is 22.8. The molecule has 0 saturated carbocycles. The molecule has 8 heteroatoms. The van der Waals surface area contributed by atoms with Crippen LogP contribution in [0.25, 0.3) is 11.4 Å². The number of nitrogens with zero attached hydrogens (tertiary/aromatic N) is 4. The number of rotatable bonds is 6. The Morgan fingerprint density at radius 1 is 1.13 bits per heavy atom. The van der Waals surface area contributed by atoms with Crippen molar-refractivity contribution in [1.29, 1.82) is 0 Å². The molecule has 3 rings (SSSR count). The first-order valence-corrected chi connectivity index (χ1v) is 11.0. The summed E-state index contributed by atoms with van der Waals surface area (Å²) in [4.78, 5) is 14.3. The van der Waals surface area contributed by atoms with Gasteiger partial charge in [-0.25, -0.2) is 9.07 Å². The molecule has 0 fully saturated rings. The number of aromatic nitrogens is 3. The fraction of sp³-hybridized carbons (Fsp3) is 0.348. The molecule has 2 aromatic carbocycles. The Hall–Kier alpha value is -2.87. The number of benzene rings is 2. The number of amides is 1. The van der Waals surface area contributed by atoms with Gasteiger partial charge in [-0.1, -0.05) is 68.9 Å². The van der Waals surface area contributed by atoms with Gasteiger partial charge in [0.2, 0.25) is 11.1 Å². The minimum absolute atomic E-state index is 0.0629. The molecule has 3 aromatic rings. The monoisotopic (exact) mass is 441 g/mol. The second-order valence-corrected chi connectivity index (χ2v) is 9.47. The quantitative estimate of drug-likeness (QED) is 0.453. The molecule has 0 aliphatic rings. The molecule has 0 bridgehead atoms. The van der Waals surface area contributed by atoms with Crippen molar-refractivity contribution in [2.45, 2.75) is 44.3 Å². The average Bonchev–Trinajstić information content (AvgIpc) is 3.11. The van der Waals surface area contributed by atoms with Crippen LogP contribution in [0.1, 0.15) is 44.9 Å². The Bertz CT molecular complexity index is 1040. The van der Waals surface area contributed by atoms with Crippen LogP contribution in [0.3, 0.4) is 0 Å². The third-order valence-electron chi connectivity index (χ3n) is 5.33. The minimum Gasteiger partial charge on any atom is -0.338 e. The summed E-state index contributed by atoms with van der Waals surface area (Å²) in [6, 6.07) is 14.1. The third kappa shape index (κ3) is 5.25. The third-order valence-corrected chi connectivity index (χ3v) is 6.25. The van der Waals surface area contributed by atoms with Crippen molar-refractivity contribution in [1.82, 2.24) is 19.8 Å². The summed E-state index contributed by atoms with van der Waals surface area (Å²) in [6.45, 7) is 8.38. The van der Waals surface area contributed by atoms with Crippen molar-refractivity contribution in [2.75, 3.05) is 18.6 Å². The van der Waals surface area contributed by atoms with Gasteiger partial charge in [-0.15, -0.1) is 10.2 Å². The van der Waals surface area contributed by atoms with E-state index < -0.39 is 0 Å². The van der Waals surface area contributed by atoms with Crippen molar-refractivity contribution < 1.29 is 9.18 Å². The predicted molar refractivity (Wildman–Crippen MR) is 123 cm³/mol. The number of halogens is 1. The number of hydrogen-bond donors (Lipinski definition) is 1. The van der Waals surface area contributed by atoms with Crippen LogP contribution in [0.5, 0.6) is 0 Å². The molecule has 0 saturated heterocycles. The fourth-order valence-corrected chi connectivity index (χ4v) is 3.88. The topological polar surface area (TPSA) is 77.0 Å². The molecular formula is C23H28FN5OS. The maximum absolute atomic E-state index is 13.1. The van der Waals surface area contributed by atoms with Crippen molar-refractivity contribution in [3.8, 4) is 11.4 Å². The summed E-state index contributed by atoms with van der Waals surface area (Å²) in [7, 11) is 1.73. The highest BCUT2D eigenvalue weighted by molar-refractivity contribution is 7.99. The molecule has 1 aromatic heterocycles. The molecule has 1 unspecified atom stereocenters. The largest absolute Gasteiger partial charge is 0.338 e. The van der Waals surface area contributed by atoms with Crippen LogP contribution in [0.4, 0.5) is 4.39 Å². The molecular weight excluding hydrogens is 413 g/mol. The van der Waals surface area contributed by atoms with Crippen LogP contribution in [-0.4, -0.2) is 38.5 Å². The van der Waals surface area contributed by atoms with Gasteiger partial charge in [-0.3, -0.25) is 4.79 Å². The van der Waals surface area contributed by atoms with E-state index in [1.54, 1.807) is 24.1 Å².